The molecule has 10 rings (SSSR count). The molecule has 364 valence electrons. The second-order valence-corrected chi connectivity index (χ2v) is 22.0. The summed E-state index contributed by atoms with van der Waals surface area (Å²) < 4.78 is 53.4. The SMILES string of the molecule is CC(C)c1ccccc1[C@@H]1CCCN1C1CC2(CCN(c3cc(Oc4cnc5[nH]ccc5c4)c(C(=O)NS(=O)(=O)c4cc([N+](=O)[O-])c(NCC5CCC(N(C)C)CC5)c5[nH]cnc45)cc3F)CC2)C1. The van der Waals surface area contributed by atoms with Gasteiger partial charge < -0.3 is 29.8 Å². The molecule has 69 heavy (non-hydrogen) atoms. The lowest BCUT2D eigenvalue weighted by molar-refractivity contribution is -0.384. The molecule has 2 aliphatic carbocycles. The molecule has 2 aliphatic heterocycles. The number of halogens is 1. The molecule has 2 saturated carbocycles. The van der Waals surface area contributed by atoms with E-state index in [9.17, 15) is 23.3 Å². The number of hydrogen-bond acceptors (Lipinski definition) is 12. The minimum Gasteiger partial charge on any atom is -0.455 e. The highest BCUT2D eigenvalue weighted by Crippen LogP contribution is 2.54. The van der Waals surface area contributed by atoms with Crippen molar-refractivity contribution in [1.29, 1.82) is 0 Å². The van der Waals surface area contributed by atoms with E-state index in [1.54, 1.807) is 18.3 Å². The fraction of sp³-hybridized carbons (Fsp3) is 0.471. The number of aromatic amines is 2. The summed E-state index contributed by atoms with van der Waals surface area (Å²) in [4.78, 5) is 47.0. The topological polar surface area (TPSA) is 195 Å². The number of benzene rings is 3. The number of anilines is 2. The van der Waals surface area contributed by atoms with E-state index in [4.69, 9.17) is 4.74 Å². The Bertz CT molecular complexity index is 3000. The highest BCUT2D eigenvalue weighted by Gasteiger charge is 2.50. The van der Waals surface area contributed by atoms with Crippen LogP contribution in [0.5, 0.6) is 11.5 Å². The van der Waals surface area contributed by atoms with Crippen LogP contribution in [0.3, 0.4) is 0 Å². The van der Waals surface area contributed by atoms with E-state index in [1.807, 2.05) is 4.90 Å². The molecule has 0 unspecified atom stereocenters. The Morgan fingerprint density at radius 3 is 2.52 bits per heavy atom. The number of likely N-dealkylation sites (tertiary alicyclic amines) is 1. The van der Waals surface area contributed by atoms with Crippen LogP contribution in [0, 0.1) is 27.3 Å². The van der Waals surface area contributed by atoms with Crippen LogP contribution >= 0.6 is 0 Å². The molecule has 1 atom stereocenters. The van der Waals surface area contributed by atoms with Crippen molar-refractivity contribution in [1.82, 2.24) is 34.5 Å². The Morgan fingerprint density at radius 2 is 1.78 bits per heavy atom. The van der Waals surface area contributed by atoms with Crippen molar-refractivity contribution in [3.8, 4) is 11.5 Å². The van der Waals surface area contributed by atoms with Gasteiger partial charge in [-0.3, -0.25) is 19.8 Å². The Kier molecular flexibility index (Phi) is 12.6. The molecule has 4 aliphatic rings. The molecule has 3 aromatic heterocycles. The quantitative estimate of drug-likeness (QED) is 0.0597. The number of nitrogens with zero attached hydrogens (tertiary/aromatic N) is 6. The third kappa shape index (κ3) is 9.13. The van der Waals surface area contributed by atoms with Crippen LogP contribution < -0.4 is 19.7 Å². The first-order chi connectivity index (χ1) is 33.2. The first-order valence-electron chi connectivity index (χ1n) is 24.3. The lowest BCUT2D eigenvalue weighted by Crippen LogP contribution is -2.55. The molecular weight excluding hydrogens is 900 g/mol. The van der Waals surface area contributed by atoms with Gasteiger partial charge >= 0.3 is 0 Å². The number of H-pyrrole nitrogens is 2. The van der Waals surface area contributed by atoms with Gasteiger partial charge in [0.1, 0.15) is 39.1 Å². The zero-order valence-corrected chi connectivity index (χ0v) is 40.4. The Morgan fingerprint density at radius 1 is 1.01 bits per heavy atom. The maximum Gasteiger partial charge on any atom is 0.296 e. The van der Waals surface area contributed by atoms with Crippen molar-refractivity contribution in [2.75, 3.05) is 50.5 Å². The predicted octanol–water partition coefficient (Wildman–Crippen LogP) is 9.64. The van der Waals surface area contributed by atoms with Crippen molar-refractivity contribution in [3.63, 3.8) is 0 Å². The van der Waals surface area contributed by atoms with Gasteiger partial charge in [-0.15, -0.1) is 0 Å². The minimum atomic E-state index is -4.85. The standard InChI is InChI=1S/C51H61FN10O6S/c1-31(2)37-8-5-6-9-38(37)41-10-7-19-61(41)35-26-51(27-35)16-20-60(21-17-51)42-24-44(68-36-22-33-15-18-53-49(33)55-29-36)39(23-40(42)52)50(63)58-69(66,67)45-25-43(62(64)65)46(48-47(45)56-30-57-48)54-28-32-11-13-34(14-12-32)59(3)4/h5-6,8-9,15,18,22-25,29-32,34-35,41,54H,7,10-14,16-17,19-21,26-28H2,1-4H3,(H,53,55)(H,56,57)(H,58,63)/t32?,34?,41-/m0/s1. The van der Waals surface area contributed by atoms with Crippen LogP contribution in [0.1, 0.15) is 112 Å². The number of fused-ring (bicyclic) bond motifs is 2. The predicted molar refractivity (Wildman–Crippen MR) is 264 cm³/mol. The van der Waals surface area contributed by atoms with Gasteiger partial charge in [0.2, 0.25) is 0 Å². The second-order valence-electron chi connectivity index (χ2n) is 20.3. The summed E-state index contributed by atoms with van der Waals surface area (Å²) in [5.74, 6) is -1.03. The van der Waals surface area contributed by atoms with Gasteiger partial charge in [0.05, 0.1) is 34.2 Å². The number of imidazole rings is 1. The molecule has 4 N–H and O–H groups in total. The van der Waals surface area contributed by atoms with Crippen LogP contribution in [0.2, 0.25) is 0 Å². The Hall–Kier alpha value is -6.11. The number of piperidine rings is 1. The highest BCUT2D eigenvalue weighted by molar-refractivity contribution is 7.90. The number of pyridine rings is 1. The average Bonchev–Trinajstić information content (AvgIpc) is 4.12. The van der Waals surface area contributed by atoms with Crippen molar-refractivity contribution in [3.05, 3.63) is 106 Å². The van der Waals surface area contributed by atoms with E-state index in [-0.39, 0.29) is 45.2 Å². The number of aromatic nitrogens is 4. The third-order valence-corrected chi connectivity index (χ3v) is 17.0. The molecule has 16 nitrogen and oxygen atoms in total. The molecule has 0 radical (unpaired) electrons. The summed E-state index contributed by atoms with van der Waals surface area (Å²) in [7, 11) is -0.728. The van der Waals surface area contributed by atoms with Crippen LogP contribution in [0.15, 0.2) is 78.2 Å². The van der Waals surface area contributed by atoms with E-state index < -0.39 is 42.8 Å². The normalized spacial score (nSPS) is 21.1. The van der Waals surface area contributed by atoms with Crippen molar-refractivity contribution >= 4 is 55.1 Å². The molecule has 4 fully saturated rings. The number of nitro benzene ring substituents is 1. The summed E-state index contributed by atoms with van der Waals surface area (Å²) in [6, 6.07) is 17.2. The largest absolute Gasteiger partial charge is 0.455 e. The van der Waals surface area contributed by atoms with Crippen LogP contribution in [0.25, 0.3) is 22.1 Å². The van der Waals surface area contributed by atoms with Crippen molar-refractivity contribution in [2.24, 2.45) is 11.3 Å². The van der Waals surface area contributed by atoms with Crippen LogP contribution in [0.4, 0.5) is 21.5 Å². The number of ether oxygens (including phenoxy) is 1. The minimum absolute atomic E-state index is 0.0865. The Balaban J connectivity index is 0.881. The van der Waals surface area contributed by atoms with Gasteiger partial charge in [-0.05, 0) is 131 Å². The molecular formula is C51H61FN10O6S. The molecule has 1 spiro atoms. The van der Waals surface area contributed by atoms with E-state index in [0.717, 1.165) is 75.4 Å². The summed E-state index contributed by atoms with van der Waals surface area (Å²) >= 11 is 0. The first-order valence-corrected chi connectivity index (χ1v) is 25.8. The maximum absolute atomic E-state index is 16.6. The Labute approximate surface area is 401 Å². The van der Waals surface area contributed by atoms with Gasteiger partial charge in [-0.25, -0.2) is 27.5 Å². The number of carbonyl (C=O) groups excluding carboxylic acids is 1. The molecule has 18 heteroatoms. The molecule has 3 aromatic carbocycles. The lowest BCUT2D eigenvalue weighted by Gasteiger charge is -2.56. The summed E-state index contributed by atoms with van der Waals surface area (Å²) in [5.41, 5.74) is 3.13. The smallest absolute Gasteiger partial charge is 0.296 e. The monoisotopic (exact) mass is 960 g/mol. The fourth-order valence-corrected chi connectivity index (χ4v) is 12.9. The van der Waals surface area contributed by atoms with Gasteiger partial charge in [-0.2, -0.15) is 0 Å². The van der Waals surface area contributed by atoms with E-state index in [2.05, 4.69) is 92.0 Å². The number of nitro groups is 1. The number of amides is 1. The lowest BCUT2D eigenvalue weighted by atomic mass is 9.59. The van der Waals surface area contributed by atoms with Gasteiger partial charge in [-0.1, -0.05) is 38.1 Å². The zero-order valence-electron chi connectivity index (χ0n) is 39.6. The van der Waals surface area contributed by atoms with E-state index >= 15 is 4.39 Å². The van der Waals surface area contributed by atoms with Gasteiger partial charge in [0.25, 0.3) is 21.6 Å². The maximum atomic E-state index is 16.6. The molecule has 0 bridgehead atoms. The molecule has 2 saturated heterocycles. The summed E-state index contributed by atoms with van der Waals surface area (Å²) in [6.45, 7) is 7.27. The van der Waals surface area contributed by atoms with Gasteiger partial charge in [0.15, 0.2) is 0 Å². The third-order valence-electron chi connectivity index (χ3n) is 15.6. The van der Waals surface area contributed by atoms with E-state index in [1.165, 1.54) is 42.6 Å². The van der Waals surface area contributed by atoms with Gasteiger partial charge in [0, 0.05) is 61.5 Å². The van der Waals surface area contributed by atoms with Crippen LogP contribution in [-0.2, 0) is 10.0 Å². The number of sulfonamides is 1. The second kappa shape index (κ2) is 18.7. The molecule has 1 amide bonds. The van der Waals surface area contributed by atoms with Crippen LogP contribution in [-0.4, -0.2) is 101 Å². The summed E-state index contributed by atoms with van der Waals surface area (Å²) in [6.07, 6.45) is 14.6. The zero-order chi connectivity index (χ0) is 48.2. The molecule has 6 aromatic rings. The number of carbonyl (C=O) groups is 1. The number of nitrogens with one attached hydrogen (secondary N) is 4. The number of rotatable bonds is 14. The van der Waals surface area contributed by atoms with Crippen molar-refractivity contribution < 1.29 is 27.3 Å². The summed E-state index contributed by atoms with van der Waals surface area (Å²) in [5, 5.41) is 16.5. The van der Waals surface area contributed by atoms with Crippen molar-refractivity contribution in [2.45, 2.75) is 107 Å². The fourth-order valence-electron chi connectivity index (χ4n) is 11.8. The number of hydrogen-bond donors (Lipinski definition) is 4. The average molecular weight is 961 g/mol. The first kappa shape index (κ1) is 46.6. The molecule has 5 heterocycles. The highest BCUT2D eigenvalue weighted by atomic mass is 32.2. The van der Waals surface area contributed by atoms with E-state index in [0.29, 0.717) is 49.3 Å².